The number of carbonyl (C=O) groups excluding carboxylic acids is 1. The lowest BCUT2D eigenvalue weighted by Crippen LogP contribution is -2.58. The van der Waals surface area contributed by atoms with Crippen molar-refractivity contribution in [1.29, 1.82) is 0 Å². The van der Waals surface area contributed by atoms with E-state index in [1.165, 1.54) is 12.8 Å². The van der Waals surface area contributed by atoms with Gasteiger partial charge in [-0.1, -0.05) is 13.8 Å². The van der Waals surface area contributed by atoms with Crippen molar-refractivity contribution in [3.05, 3.63) is 0 Å². The largest absolute Gasteiger partial charge is 0.341 e. The van der Waals surface area contributed by atoms with Crippen molar-refractivity contribution < 1.29 is 4.79 Å². The van der Waals surface area contributed by atoms with Crippen molar-refractivity contribution in [3.63, 3.8) is 0 Å². The van der Waals surface area contributed by atoms with Crippen LogP contribution in [0, 0.1) is 5.92 Å². The number of piperidine rings is 1. The van der Waals surface area contributed by atoms with E-state index >= 15 is 0 Å². The SMILES string of the molecule is CC(C)CN=C1NC(=O)C2(CC3CCC(C2)N3C)N1. The number of rotatable bonds is 2. The van der Waals surface area contributed by atoms with E-state index in [1.807, 2.05) is 0 Å². The molecule has 3 aliphatic heterocycles. The molecule has 0 aromatic carbocycles. The van der Waals surface area contributed by atoms with Crippen LogP contribution >= 0.6 is 0 Å². The summed E-state index contributed by atoms with van der Waals surface area (Å²) in [5.41, 5.74) is -0.395. The molecule has 0 radical (unpaired) electrons. The minimum atomic E-state index is -0.395. The summed E-state index contributed by atoms with van der Waals surface area (Å²) in [6.45, 7) is 5.02. The van der Waals surface area contributed by atoms with Crippen LogP contribution < -0.4 is 10.6 Å². The second-order valence-corrected chi connectivity index (χ2v) is 6.70. The van der Waals surface area contributed by atoms with Gasteiger partial charge in [0.1, 0.15) is 5.54 Å². The molecule has 5 nitrogen and oxygen atoms in total. The predicted octanol–water partition coefficient (Wildman–Crippen LogP) is 0.713. The number of fused-ring (bicyclic) bond motifs is 2. The van der Waals surface area contributed by atoms with Gasteiger partial charge in [-0.05, 0) is 38.6 Å². The number of aliphatic imine (C=N–C) groups is 1. The molecule has 3 aliphatic rings. The number of hydrogen-bond donors (Lipinski definition) is 2. The topological polar surface area (TPSA) is 56.7 Å². The Morgan fingerprint density at radius 2 is 2.00 bits per heavy atom. The maximum Gasteiger partial charge on any atom is 0.252 e. The third-order valence-corrected chi connectivity index (χ3v) is 4.79. The molecule has 3 rings (SSSR count). The van der Waals surface area contributed by atoms with Crippen molar-refractivity contribution in [2.45, 2.75) is 57.2 Å². The molecule has 0 saturated carbocycles. The Morgan fingerprint density at radius 3 is 2.58 bits per heavy atom. The van der Waals surface area contributed by atoms with E-state index in [1.54, 1.807) is 0 Å². The minimum absolute atomic E-state index is 0.125. The molecule has 106 valence electrons. The molecule has 3 fully saturated rings. The summed E-state index contributed by atoms with van der Waals surface area (Å²) < 4.78 is 0. The Kier molecular flexibility index (Phi) is 3.04. The average molecular weight is 264 g/mol. The third kappa shape index (κ3) is 2.14. The average Bonchev–Trinajstić information content (AvgIpc) is 2.73. The van der Waals surface area contributed by atoms with Gasteiger partial charge in [0, 0.05) is 18.6 Å². The second-order valence-electron chi connectivity index (χ2n) is 6.70. The van der Waals surface area contributed by atoms with Crippen LogP contribution in [-0.2, 0) is 4.79 Å². The molecule has 19 heavy (non-hydrogen) atoms. The molecule has 3 saturated heterocycles. The number of guanidine groups is 1. The quantitative estimate of drug-likeness (QED) is 0.772. The van der Waals surface area contributed by atoms with Crippen molar-refractivity contribution in [2.24, 2.45) is 10.9 Å². The van der Waals surface area contributed by atoms with E-state index in [0.717, 1.165) is 19.4 Å². The normalized spacial score (nSPS) is 40.2. The zero-order valence-electron chi connectivity index (χ0n) is 12.1. The van der Waals surface area contributed by atoms with Gasteiger partial charge < -0.3 is 10.2 Å². The van der Waals surface area contributed by atoms with Gasteiger partial charge in [0.2, 0.25) is 0 Å². The van der Waals surface area contributed by atoms with Crippen molar-refractivity contribution in [1.82, 2.24) is 15.5 Å². The molecule has 5 heteroatoms. The van der Waals surface area contributed by atoms with Crippen LogP contribution in [0.4, 0.5) is 0 Å². The molecule has 3 heterocycles. The fourth-order valence-electron chi connectivity index (χ4n) is 3.65. The Morgan fingerprint density at radius 1 is 1.37 bits per heavy atom. The number of hydrogen-bond acceptors (Lipinski definition) is 3. The van der Waals surface area contributed by atoms with Gasteiger partial charge in [-0.2, -0.15) is 0 Å². The van der Waals surface area contributed by atoms with E-state index in [-0.39, 0.29) is 5.91 Å². The first kappa shape index (κ1) is 12.9. The number of amides is 1. The monoisotopic (exact) mass is 264 g/mol. The minimum Gasteiger partial charge on any atom is -0.341 e. The van der Waals surface area contributed by atoms with Crippen LogP contribution in [0.2, 0.25) is 0 Å². The van der Waals surface area contributed by atoms with Gasteiger partial charge in [0.15, 0.2) is 5.96 Å². The van der Waals surface area contributed by atoms with Gasteiger partial charge in [-0.3, -0.25) is 15.1 Å². The lowest BCUT2D eigenvalue weighted by atomic mass is 9.83. The zero-order valence-corrected chi connectivity index (χ0v) is 12.1. The van der Waals surface area contributed by atoms with Crippen LogP contribution in [0.5, 0.6) is 0 Å². The highest BCUT2D eigenvalue weighted by atomic mass is 16.2. The number of nitrogens with one attached hydrogen (secondary N) is 2. The summed E-state index contributed by atoms with van der Waals surface area (Å²) in [5, 5.41) is 6.33. The Labute approximate surface area is 114 Å². The first-order valence-corrected chi connectivity index (χ1v) is 7.36. The Bertz CT molecular complexity index is 404. The lowest BCUT2D eigenvalue weighted by Gasteiger charge is -2.41. The summed E-state index contributed by atoms with van der Waals surface area (Å²) in [6, 6.07) is 1.09. The standard InChI is InChI=1S/C14H24N4O/c1-9(2)8-15-13-16-12(19)14(17-13)6-10-4-5-11(7-14)18(10)3/h9-11H,4-8H2,1-3H3,(H2,15,16,17,19). The van der Waals surface area contributed by atoms with E-state index < -0.39 is 5.54 Å². The fourth-order valence-corrected chi connectivity index (χ4v) is 3.65. The van der Waals surface area contributed by atoms with Gasteiger partial charge in [0.25, 0.3) is 5.91 Å². The molecule has 0 aromatic heterocycles. The van der Waals surface area contributed by atoms with Crippen LogP contribution in [0.15, 0.2) is 4.99 Å². The molecule has 2 atom stereocenters. The van der Waals surface area contributed by atoms with Crippen LogP contribution in [0.1, 0.15) is 39.5 Å². The van der Waals surface area contributed by atoms with Gasteiger partial charge in [-0.25, -0.2) is 0 Å². The number of carbonyl (C=O) groups is 1. The maximum atomic E-state index is 12.4. The van der Waals surface area contributed by atoms with Crippen molar-refractivity contribution in [3.8, 4) is 0 Å². The van der Waals surface area contributed by atoms with Crippen LogP contribution in [0.25, 0.3) is 0 Å². The van der Waals surface area contributed by atoms with Crippen molar-refractivity contribution in [2.75, 3.05) is 13.6 Å². The molecule has 1 amide bonds. The Balaban J connectivity index is 1.75. The van der Waals surface area contributed by atoms with E-state index in [2.05, 4.69) is 41.4 Å². The third-order valence-electron chi connectivity index (χ3n) is 4.79. The van der Waals surface area contributed by atoms with Gasteiger partial charge in [0.05, 0.1) is 0 Å². The molecular formula is C14H24N4O. The molecular weight excluding hydrogens is 240 g/mol. The molecule has 2 bridgehead atoms. The van der Waals surface area contributed by atoms with Gasteiger partial charge in [-0.15, -0.1) is 0 Å². The highest BCUT2D eigenvalue weighted by Gasteiger charge is 2.54. The highest BCUT2D eigenvalue weighted by Crippen LogP contribution is 2.40. The summed E-state index contributed by atoms with van der Waals surface area (Å²) in [4.78, 5) is 19.3. The smallest absolute Gasteiger partial charge is 0.252 e. The molecule has 0 aliphatic carbocycles. The zero-order chi connectivity index (χ0) is 13.6. The molecule has 2 N–H and O–H groups in total. The first-order chi connectivity index (χ1) is 9.00. The molecule has 1 spiro atoms. The first-order valence-electron chi connectivity index (χ1n) is 7.36. The highest BCUT2D eigenvalue weighted by molar-refractivity contribution is 6.09. The number of nitrogens with zero attached hydrogens (tertiary/aromatic N) is 2. The van der Waals surface area contributed by atoms with E-state index in [0.29, 0.717) is 24.0 Å². The molecule has 2 unspecified atom stereocenters. The predicted molar refractivity (Wildman–Crippen MR) is 75.0 cm³/mol. The van der Waals surface area contributed by atoms with Gasteiger partial charge >= 0.3 is 0 Å². The summed E-state index contributed by atoms with van der Waals surface area (Å²) >= 11 is 0. The van der Waals surface area contributed by atoms with Crippen molar-refractivity contribution >= 4 is 11.9 Å². The van der Waals surface area contributed by atoms with Crippen LogP contribution in [0.3, 0.4) is 0 Å². The second kappa shape index (κ2) is 4.47. The fraction of sp³-hybridized carbons (Fsp3) is 0.857. The maximum absolute atomic E-state index is 12.4. The summed E-state index contributed by atoms with van der Waals surface area (Å²) in [7, 11) is 2.19. The lowest BCUT2D eigenvalue weighted by molar-refractivity contribution is -0.126. The summed E-state index contributed by atoms with van der Waals surface area (Å²) in [5.74, 6) is 1.32. The van der Waals surface area contributed by atoms with Crippen LogP contribution in [-0.4, -0.2) is 48.0 Å². The Hall–Kier alpha value is -1.10. The van der Waals surface area contributed by atoms with E-state index in [4.69, 9.17) is 0 Å². The summed E-state index contributed by atoms with van der Waals surface area (Å²) in [6.07, 6.45) is 4.26. The van der Waals surface area contributed by atoms with E-state index in [9.17, 15) is 4.79 Å². The molecule has 0 aromatic rings.